The Labute approximate surface area is 249 Å². The molecule has 6 rings (SSSR count). The van der Waals surface area contributed by atoms with E-state index in [0.29, 0.717) is 13.2 Å². The normalized spacial score (nSPS) is 13.2. The third-order valence-electron chi connectivity index (χ3n) is 8.93. The Bertz CT molecular complexity index is 1830. The van der Waals surface area contributed by atoms with E-state index in [4.69, 9.17) is 9.47 Å². The van der Waals surface area contributed by atoms with E-state index in [1.165, 1.54) is 32.3 Å². The van der Waals surface area contributed by atoms with Gasteiger partial charge in [0.1, 0.15) is 11.5 Å². The molecule has 0 aliphatic carbocycles. The third kappa shape index (κ3) is 3.86. The molecule has 0 atom stereocenters. The van der Waals surface area contributed by atoms with Crippen molar-refractivity contribution in [3.8, 4) is 11.5 Å². The van der Waals surface area contributed by atoms with Crippen molar-refractivity contribution in [3.05, 3.63) is 85.0 Å². The highest BCUT2D eigenvalue weighted by atomic mass is 16.5. The maximum atomic E-state index is 6.50. The molecule has 0 amide bonds. The van der Waals surface area contributed by atoms with Gasteiger partial charge in [-0.05, 0) is 82.6 Å². The first-order valence-corrected chi connectivity index (χ1v) is 15.3. The van der Waals surface area contributed by atoms with E-state index in [0.717, 1.165) is 92.7 Å². The zero-order valence-corrected chi connectivity index (χ0v) is 25.8. The van der Waals surface area contributed by atoms with Gasteiger partial charge in [-0.15, -0.1) is 0 Å². The average Bonchev–Trinajstić information content (AvgIpc) is 2.98. The van der Waals surface area contributed by atoms with Gasteiger partial charge in [-0.2, -0.15) is 0 Å². The highest BCUT2D eigenvalue weighted by molar-refractivity contribution is 6.38. The molecule has 1 heterocycles. The summed E-state index contributed by atoms with van der Waals surface area (Å²) < 4.78 is 13.0. The predicted octanol–water partition coefficient (Wildman–Crippen LogP) is 11.0. The standard InChI is InChI=1S/C39H41NO2/c1-10-14-22(5)30-20-32(41-12-3)37-28-18-16-26-24(7)40(9)25(8)27-17-19-29(35(28)34(26)27)38-33(42-13-4)21-31(23(6)15-11-2)36(30)39(37)38/h16-21H,5-8,10-15H2,1-4,9H3. The maximum Gasteiger partial charge on any atom is 0.128 e. The van der Waals surface area contributed by atoms with Crippen molar-refractivity contribution in [1.29, 1.82) is 0 Å². The van der Waals surface area contributed by atoms with E-state index in [1.54, 1.807) is 0 Å². The van der Waals surface area contributed by atoms with Crippen molar-refractivity contribution < 1.29 is 9.47 Å². The summed E-state index contributed by atoms with van der Waals surface area (Å²) in [6, 6.07) is 13.4. The van der Waals surface area contributed by atoms with Gasteiger partial charge in [-0.25, -0.2) is 0 Å². The molecule has 0 fully saturated rings. The molecule has 42 heavy (non-hydrogen) atoms. The molecule has 5 aromatic carbocycles. The molecule has 0 saturated carbocycles. The summed E-state index contributed by atoms with van der Waals surface area (Å²) in [5.74, 6) is 1.77. The second kappa shape index (κ2) is 10.5. The minimum atomic E-state index is 0.570. The molecule has 0 aromatic heterocycles. The van der Waals surface area contributed by atoms with Crippen LogP contribution in [0.5, 0.6) is 11.5 Å². The fourth-order valence-corrected chi connectivity index (χ4v) is 7.01. The largest absolute Gasteiger partial charge is 0.493 e. The smallest absolute Gasteiger partial charge is 0.128 e. The van der Waals surface area contributed by atoms with Crippen molar-refractivity contribution in [2.24, 2.45) is 0 Å². The number of ether oxygens (including phenoxy) is 2. The van der Waals surface area contributed by atoms with Crippen LogP contribution < -0.4 is 9.47 Å². The molecule has 0 unspecified atom stereocenters. The van der Waals surface area contributed by atoms with Crippen molar-refractivity contribution in [3.63, 3.8) is 0 Å². The van der Waals surface area contributed by atoms with Crippen LogP contribution in [0.2, 0.25) is 0 Å². The molecule has 0 spiro atoms. The summed E-state index contributed by atoms with van der Waals surface area (Å²) in [4.78, 5) is 2.09. The molecule has 3 nitrogen and oxygen atoms in total. The monoisotopic (exact) mass is 555 g/mol. The van der Waals surface area contributed by atoms with Crippen LogP contribution in [0.15, 0.2) is 62.7 Å². The van der Waals surface area contributed by atoms with Gasteiger partial charge in [0.25, 0.3) is 0 Å². The summed E-state index contributed by atoms with van der Waals surface area (Å²) in [7, 11) is 2.04. The van der Waals surface area contributed by atoms with E-state index in [1.807, 2.05) is 7.05 Å². The van der Waals surface area contributed by atoms with Crippen LogP contribution in [0, 0.1) is 0 Å². The Hall–Kier alpha value is -4.24. The van der Waals surface area contributed by atoms with Crippen LogP contribution in [0.25, 0.3) is 65.6 Å². The molecule has 3 heteroatoms. The lowest BCUT2D eigenvalue weighted by Crippen LogP contribution is -2.18. The zero-order valence-electron chi connectivity index (χ0n) is 25.8. The van der Waals surface area contributed by atoms with Gasteiger partial charge in [-0.1, -0.05) is 77.3 Å². The summed E-state index contributed by atoms with van der Waals surface area (Å²) >= 11 is 0. The fourth-order valence-electron chi connectivity index (χ4n) is 7.01. The second-order valence-electron chi connectivity index (χ2n) is 11.4. The van der Waals surface area contributed by atoms with Crippen molar-refractivity contribution in [2.45, 2.75) is 53.4 Å². The van der Waals surface area contributed by atoms with Gasteiger partial charge in [0.05, 0.1) is 13.2 Å². The number of fused-ring (bicyclic) bond motifs is 2. The molecule has 214 valence electrons. The first-order valence-electron chi connectivity index (χ1n) is 15.3. The van der Waals surface area contributed by atoms with Crippen LogP contribution in [0.4, 0.5) is 0 Å². The highest BCUT2D eigenvalue weighted by Gasteiger charge is 2.29. The topological polar surface area (TPSA) is 21.7 Å². The molecule has 0 bridgehead atoms. The molecule has 0 radical (unpaired) electrons. The van der Waals surface area contributed by atoms with Crippen molar-refractivity contribution in [2.75, 3.05) is 20.3 Å². The van der Waals surface area contributed by atoms with E-state index < -0.39 is 0 Å². The quantitative estimate of drug-likeness (QED) is 0.126. The number of allylic oxidation sites excluding steroid dienone is 2. The summed E-state index contributed by atoms with van der Waals surface area (Å²) in [6.07, 6.45) is 3.88. The number of rotatable bonds is 10. The third-order valence-corrected chi connectivity index (χ3v) is 8.93. The van der Waals surface area contributed by atoms with Crippen LogP contribution >= 0.6 is 0 Å². The average molecular weight is 556 g/mol. The maximum absolute atomic E-state index is 6.50. The van der Waals surface area contributed by atoms with Gasteiger partial charge in [0.2, 0.25) is 0 Å². The van der Waals surface area contributed by atoms with Crippen molar-refractivity contribution >= 4 is 65.6 Å². The molecule has 1 aliphatic rings. The van der Waals surface area contributed by atoms with Crippen LogP contribution in [0.1, 0.15) is 75.6 Å². The summed E-state index contributed by atoms with van der Waals surface area (Å²) in [5.41, 5.74) is 8.73. The van der Waals surface area contributed by atoms with Gasteiger partial charge in [0.15, 0.2) is 0 Å². The van der Waals surface area contributed by atoms with Gasteiger partial charge < -0.3 is 14.4 Å². The van der Waals surface area contributed by atoms with E-state index in [2.05, 4.69) is 95.3 Å². The minimum absolute atomic E-state index is 0.570. The number of benzene rings is 5. The van der Waals surface area contributed by atoms with Crippen LogP contribution in [0.3, 0.4) is 0 Å². The lowest BCUT2D eigenvalue weighted by Gasteiger charge is -2.33. The lowest BCUT2D eigenvalue weighted by molar-refractivity contribution is 0.344. The van der Waals surface area contributed by atoms with E-state index in [9.17, 15) is 0 Å². The van der Waals surface area contributed by atoms with E-state index in [-0.39, 0.29) is 0 Å². The first kappa shape index (κ1) is 27.9. The van der Waals surface area contributed by atoms with Crippen molar-refractivity contribution in [1.82, 2.24) is 4.90 Å². The Morgan fingerprint density at radius 3 is 1.48 bits per heavy atom. The molecule has 1 aliphatic heterocycles. The Morgan fingerprint density at radius 1 is 0.619 bits per heavy atom. The summed E-state index contributed by atoms with van der Waals surface area (Å²) in [5, 5.41) is 9.36. The number of nitrogens with zero attached hydrogens (tertiary/aromatic N) is 1. The Balaban J connectivity index is 1.95. The molecule has 0 saturated heterocycles. The molecule has 5 aromatic rings. The molecular weight excluding hydrogens is 514 g/mol. The first-order chi connectivity index (χ1) is 20.3. The molecule has 0 N–H and O–H groups in total. The van der Waals surface area contributed by atoms with E-state index >= 15 is 0 Å². The second-order valence-corrected chi connectivity index (χ2v) is 11.4. The summed E-state index contributed by atoms with van der Waals surface area (Å²) in [6.45, 7) is 27.7. The Kier molecular flexibility index (Phi) is 7.01. The minimum Gasteiger partial charge on any atom is -0.493 e. The van der Waals surface area contributed by atoms with Gasteiger partial charge in [-0.3, -0.25) is 0 Å². The SMILES string of the molecule is C=C(CCC)c1cc(OCC)c2c3ccc4c5c(ccc(c6c(OCC)cc(C(=C)CCC)c1c26)c53)C(=C)N(C)C4=C. The Morgan fingerprint density at radius 2 is 1.07 bits per heavy atom. The lowest BCUT2D eigenvalue weighted by atomic mass is 9.80. The fraction of sp³-hybridized carbons (Fsp3) is 0.282. The van der Waals surface area contributed by atoms with Crippen LogP contribution in [-0.2, 0) is 0 Å². The van der Waals surface area contributed by atoms with Gasteiger partial charge >= 0.3 is 0 Å². The van der Waals surface area contributed by atoms with Gasteiger partial charge in [0, 0.05) is 51.1 Å². The molecular formula is C39H41NO2. The highest BCUT2D eigenvalue weighted by Crippen LogP contribution is 2.54. The number of hydrogen-bond donors (Lipinski definition) is 0. The zero-order chi connectivity index (χ0) is 29.9. The predicted molar refractivity (Wildman–Crippen MR) is 184 cm³/mol. The number of hydrogen-bond acceptors (Lipinski definition) is 3. The van der Waals surface area contributed by atoms with Crippen LogP contribution in [-0.4, -0.2) is 25.2 Å².